The second kappa shape index (κ2) is 7.59. The molecule has 2 unspecified atom stereocenters. The summed E-state index contributed by atoms with van der Waals surface area (Å²) in [4.78, 5) is 13.1. The molecule has 1 aliphatic heterocycles. The lowest BCUT2D eigenvalue weighted by Gasteiger charge is -2.31. The van der Waals surface area contributed by atoms with E-state index < -0.39 is 0 Å². The van der Waals surface area contributed by atoms with Crippen molar-refractivity contribution in [1.82, 2.24) is 5.32 Å². The number of amides is 1. The minimum absolute atomic E-state index is 0.0291. The average Bonchev–Trinajstić information content (AvgIpc) is 2.69. The van der Waals surface area contributed by atoms with Crippen LogP contribution in [0.25, 0.3) is 5.70 Å². The predicted molar refractivity (Wildman–Crippen MR) is 111 cm³/mol. The van der Waals surface area contributed by atoms with Crippen molar-refractivity contribution in [2.45, 2.75) is 11.8 Å². The summed E-state index contributed by atoms with van der Waals surface area (Å²) in [5.41, 5.74) is 3.77. The van der Waals surface area contributed by atoms with Gasteiger partial charge in [-0.15, -0.1) is 0 Å². The first-order valence-corrected chi connectivity index (χ1v) is 9.46. The molecule has 0 aromatic heterocycles. The third-order valence-corrected chi connectivity index (χ3v) is 5.32. The van der Waals surface area contributed by atoms with Crippen LogP contribution in [0.1, 0.15) is 28.5 Å². The summed E-state index contributed by atoms with van der Waals surface area (Å²) < 4.78 is 0. The lowest BCUT2D eigenvalue weighted by atomic mass is 9.78. The standard InChI is InChI=1S/C23H17Cl2NO/c24-18-10-6-16(7-11-18)21-14-20(15-4-2-1-3-5-15)22(23(27)26-21)17-8-12-19(25)13-9-17/h1-14,20,22H,(H,26,27). The first kappa shape index (κ1) is 17.8. The van der Waals surface area contributed by atoms with E-state index in [9.17, 15) is 4.79 Å². The molecule has 3 aromatic carbocycles. The van der Waals surface area contributed by atoms with E-state index in [-0.39, 0.29) is 17.7 Å². The van der Waals surface area contributed by atoms with Crippen molar-refractivity contribution in [2.24, 2.45) is 0 Å². The Kier molecular flexibility index (Phi) is 5.02. The zero-order chi connectivity index (χ0) is 18.8. The maximum atomic E-state index is 13.1. The molecule has 0 bridgehead atoms. The van der Waals surface area contributed by atoms with Crippen LogP contribution >= 0.6 is 23.2 Å². The lowest BCUT2D eigenvalue weighted by molar-refractivity contribution is -0.122. The number of carbonyl (C=O) groups is 1. The van der Waals surface area contributed by atoms with E-state index in [0.717, 1.165) is 22.4 Å². The van der Waals surface area contributed by atoms with Gasteiger partial charge in [0.05, 0.1) is 5.92 Å². The maximum Gasteiger partial charge on any atom is 0.232 e. The van der Waals surface area contributed by atoms with Gasteiger partial charge in [0.1, 0.15) is 0 Å². The summed E-state index contributed by atoms with van der Waals surface area (Å²) in [6.45, 7) is 0. The van der Waals surface area contributed by atoms with Crippen LogP contribution in [-0.4, -0.2) is 5.91 Å². The van der Waals surface area contributed by atoms with E-state index in [1.807, 2.05) is 66.7 Å². The molecule has 134 valence electrons. The summed E-state index contributed by atoms with van der Waals surface area (Å²) in [6.07, 6.45) is 2.12. The fourth-order valence-corrected chi connectivity index (χ4v) is 3.73. The molecule has 0 spiro atoms. The van der Waals surface area contributed by atoms with Crippen molar-refractivity contribution in [3.8, 4) is 0 Å². The van der Waals surface area contributed by atoms with E-state index in [1.54, 1.807) is 0 Å². The topological polar surface area (TPSA) is 29.1 Å². The highest BCUT2D eigenvalue weighted by Gasteiger charge is 2.34. The van der Waals surface area contributed by atoms with Gasteiger partial charge in [0.2, 0.25) is 5.91 Å². The Hall–Kier alpha value is -2.55. The van der Waals surface area contributed by atoms with E-state index >= 15 is 0 Å². The van der Waals surface area contributed by atoms with Gasteiger partial charge in [-0.05, 0) is 41.0 Å². The largest absolute Gasteiger partial charge is 0.325 e. The Morgan fingerprint density at radius 3 is 1.93 bits per heavy atom. The second-order valence-corrected chi connectivity index (χ2v) is 7.42. The van der Waals surface area contributed by atoms with Crippen LogP contribution in [0.3, 0.4) is 0 Å². The molecule has 4 heteroatoms. The van der Waals surface area contributed by atoms with Crippen molar-refractivity contribution in [1.29, 1.82) is 0 Å². The molecule has 0 saturated carbocycles. The minimum Gasteiger partial charge on any atom is -0.325 e. The smallest absolute Gasteiger partial charge is 0.232 e. The zero-order valence-electron chi connectivity index (χ0n) is 14.4. The molecule has 0 fully saturated rings. The number of hydrogen-bond acceptors (Lipinski definition) is 1. The second-order valence-electron chi connectivity index (χ2n) is 6.54. The minimum atomic E-state index is -0.319. The molecule has 3 aromatic rings. The summed E-state index contributed by atoms with van der Waals surface area (Å²) in [5.74, 6) is -0.425. The van der Waals surface area contributed by atoms with Crippen LogP contribution < -0.4 is 5.32 Å². The third-order valence-electron chi connectivity index (χ3n) is 4.81. The lowest BCUT2D eigenvalue weighted by Crippen LogP contribution is -2.35. The molecule has 2 nitrogen and oxygen atoms in total. The van der Waals surface area contributed by atoms with Crippen molar-refractivity contribution >= 4 is 34.8 Å². The van der Waals surface area contributed by atoms with E-state index in [0.29, 0.717) is 10.0 Å². The molecule has 1 aliphatic rings. The maximum absolute atomic E-state index is 13.1. The molecule has 1 heterocycles. The summed E-state index contributed by atoms with van der Waals surface area (Å²) >= 11 is 12.0. The van der Waals surface area contributed by atoms with Gasteiger partial charge in [-0.3, -0.25) is 4.79 Å². The number of hydrogen-bond donors (Lipinski definition) is 1. The van der Waals surface area contributed by atoms with Crippen molar-refractivity contribution in [3.05, 3.63) is 112 Å². The van der Waals surface area contributed by atoms with Crippen LogP contribution in [0, 0.1) is 0 Å². The van der Waals surface area contributed by atoms with Crippen LogP contribution in [0.5, 0.6) is 0 Å². The van der Waals surface area contributed by atoms with Gasteiger partial charge in [-0.1, -0.05) is 83.9 Å². The number of halogens is 2. The molecule has 1 N–H and O–H groups in total. The number of allylic oxidation sites excluding steroid dienone is 1. The van der Waals surface area contributed by atoms with Gasteiger partial charge in [0.15, 0.2) is 0 Å². The van der Waals surface area contributed by atoms with Crippen LogP contribution in [-0.2, 0) is 4.79 Å². The molecular formula is C23H17Cl2NO. The van der Waals surface area contributed by atoms with Crippen LogP contribution in [0.15, 0.2) is 84.9 Å². The van der Waals surface area contributed by atoms with Crippen LogP contribution in [0.2, 0.25) is 10.0 Å². The van der Waals surface area contributed by atoms with Gasteiger partial charge in [-0.2, -0.15) is 0 Å². The Morgan fingerprint density at radius 2 is 1.30 bits per heavy atom. The molecule has 1 amide bonds. The fourth-order valence-electron chi connectivity index (χ4n) is 3.48. The van der Waals surface area contributed by atoms with Crippen molar-refractivity contribution in [3.63, 3.8) is 0 Å². The Labute approximate surface area is 168 Å². The van der Waals surface area contributed by atoms with Crippen LogP contribution in [0.4, 0.5) is 0 Å². The number of benzene rings is 3. The summed E-state index contributed by atoms with van der Waals surface area (Å²) in [5, 5.41) is 4.38. The summed E-state index contributed by atoms with van der Waals surface area (Å²) in [7, 11) is 0. The number of nitrogens with one attached hydrogen (secondary N) is 1. The van der Waals surface area contributed by atoms with E-state index in [4.69, 9.17) is 23.2 Å². The van der Waals surface area contributed by atoms with E-state index in [1.165, 1.54) is 0 Å². The van der Waals surface area contributed by atoms with Gasteiger partial charge in [0, 0.05) is 21.7 Å². The molecule has 27 heavy (non-hydrogen) atoms. The van der Waals surface area contributed by atoms with Crippen molar-refractivity contribution < 1.29 is 4.79 Å². The monoisotopic (exact) mass is 393 g/mol. The van der Waals surface area contributed by atoms with Crippen molar-refractivity contribution in [2.75, 3.05) is 0 Å². The van der Waals surface area contributed by atoms with E-state index in [2.05, 4.69) is 23.5 Å². The SMILES string of the molecule is O=C1NC(c2ccc(Cl)cc2)=CC(c2ccccc2)C1c1ccc(Cl)cc1. The fraction of sp³-hybridized carbons (Fsp3) is 0.0870. The highest BCUT2D eigenvalue weighted by molar-refractivity contribution is 6.30. The zero-order valence-corrected chi connectivity index (χ0v) is 15.9. The highest BCUT2D eigenvalue weighted by Crippen LogP contribution is 2.39. The molecule has 0 saturated heterocycles. The third kappa shape index (κ3) is 3.78. The normalized spacial score (nSPS) is 19.3. The molecule has 2 atom stereocenters. The first-order valence-electron chi connectivity index (χ1n) is 8.71. The Balaban J connectivity index is 1.81. The molecule has 0 radical (unpaired) electrons. The van der Waals surface area contributed by atoms with Gasteiger partial charge in [-0.25, -0.2) is 0 Å². The molecule has 4 rings (SSSR count). The predicted octanol–water partition coefficient (Wildman–Crippen LogP) is 6.03. The quantitative estimate of drug-likeness (QED) is 0.577. The van der Waals surface area contributed by atoms with Gasteiger partial charge >= 0.3 is 0 Å². The van der Waals surface area contributed by atoms with Gasteiger partial charge < -0.3 is 5.32 Å². The highest BCUT2D eigenvalue weighted by atomic mass is 35.5. The molecule has 0 aliphatic carbocycles. The summed E-state index contributed by atoms with van der Waals surface area (Å²) in [6, 6.07) is 25.1. The first-order chi connectivity index (χ1) is 13.1. The number of rotatable bonds is 3. The Bertz CT molecular complexity index is 979. The average molecular weight is 394 g/mol. The molecular weight excluding hydrogens is 377 g/mol. The number of carbonyl (C=O) groups excluding carboxylic acids is 1. The van der Waals surface area contributed by atoms with Gasteiger partial charge in [0.25, 0.3) is 0 Å². The Morgan fingerprint density at radius 1 is 0.704 bits per heavy atom.